The molecule has 2 fully saturated rings. The van der Waals surface area contributed by atoms with E-state index >= 15 is 0 Å². The molecule has 7 rings (SSSR count). The predicted molar refractivity (Wildman–Crippen MR) is 162 cm³/mol. The third-order valence-corrected chi connectivity index (χ3v) is 8.64. The monoisotopic (exact) mass is 552 g/mol. The Morgan fingerprint density at radius 1 is 1.02 bits per heavy atom. The van der Waals surface area contributed by atoms with Crippen LogP contribution in [0, 0.1) is 6.92 Å². The van der Waals surface area contributed by atoms with Gasteiger partial charge in [-0.3, -0.25) is 19.5 Å². The minimum Gasteiger partial charge on any atom is -0.496 e. The first-order valence-electron chi connectivity index (χ1n) is 14.2. The van der Waals surface area contributed by atoms with Gasteiger partial charge in [0.05, 0.1) is 40.8 Å². The van der Waals surface area contributed by atoms with Crippen LogP contribution in [0.5, 0.6) is 5.75 Å². The van der Waals surface area contributed by atoms with Gasteiger partial charge in [0.2, 0.25) is 5.95 Å². The summed E-state index contributed by atoms with van der Waals surface area (Å²) in [7, 11) is 9.79. The Balaban J connectivity index is 1.39. The SMILES string of the molecule is COc1ccncc1-c1cc2c(-c3cc4c(nc(N5CCN6CCC[C@@H]6C5)n4C)c(N(C)C)n3)nn(C)c2c(C)n1. The van der Waals surface area contributed by atoms with Gasteiger partial charge >= 0.3 is 0 Å². The van der Waals surface area contributed by atoms with Crippen LogP contribution in [0.2, 0.25) is 0 Å². The molecule has 7 heterocycles. The summed E-state index contributed by atoms with van der Waals surface area (Å²) in [6.45, 7) is 6.34. The fourth-order valence-corrected chi connectivity index (χ4v) is 6.63. The molecule has 2 aliphatic rings. The smallest absolute Gasteiger partial charge is 0.206 e. The molecule has 2 aliphatic heterocycles. The number of nitrogens with zero attached hydrogens (tertiary/aromatic N) is 10. The van der Waals surface area contributed by atoms with E-state index in [1.54, 1.807) is 19.5 Å². The summed E-state index contributed by atoms with van der Waals surface area (Å²) in [5, 5.41) is 5.95. The number of hydrogen-bond donors (Lipinski definition) is 0. The lowest BCUT2D eigenvalue weighted by atomic mass is 10.1. The number of anilines is 2. The maximum Gasteiger partial charge on any atom is 0.206 e. The number of fused-ring (bicyclic) bond motifs is 3. The van der Waals surface area contributed by atoms with Crippen molar-refractivity contribution in [1.82, 2.24) is 39.2 Å². The van der Waals surface area contributed by atoms with Gasteiger partial charge in [-0.25, -0.2) is 9.97 Å². The average Bonchev–Trinajstić information content (AvgIpc) is 3.67. The molecular weight excluding hydrogens is 516 g/mol. The van der Waals surface area contributed by atoms with E-state index in [0.717, 1.165) is 87.4 Å². The summed E-state index contributed by atoms with van der Waals surface area (Å²) in [6, 6.07) is 6.68. The van der Waals surface area contributed by atoms with E-state index in [2.05, 4.69) is 38.5 Å². The van der Waals surface area contributed by atoms with Crippen LogP contribution < -0.4 is 14.5 Å². The van der Waals surface area contributed by atoms with Crippen LogP contribution in [0.4, 0.5) is 11.8 Å². The normalized spacial score (nSPS) is 17.5. The largest absolute Gasteiger partial charge is 0.496 e. The second kappa shape index (κ2) is 9.69. The number of pyridine rings is 3. The van der Waals surface area contributed by atoms with Crippen LogP contribution in [0.1, 0.15) is 18.5 Å². The van der Waals surface area contributed by atoms with Crippen molar-refractivity contribution in [2.45, 2.75) is 25.8 Å². The number of aryl methyl sites for hydroxylation is 3. The van der Waals surface area contributed by atoms with Crippen molar-refractivity contribution >= 4 is 33.7 Å². The maximum atomic E-state index is 5.62. The quantitative estimate of drug-likeness (QED) is 0.324. The molecule has 0 amide bonds. The van der Waals surface area contributed by atoms with Crippen LogP contribution in [0.3, 0.4) is 0 Å². The molecule has 11 heteroatoms. The van der Waals surface area contributed by atoms with Gasteiger partial charge in [0, 0.05) is 71.6 Å². The van der Waals surface area contributed by atoms with Gasteiger partial charge in [-0.1, -0.05) is 0 Å². The highest BCUT2D eigenvalue weighted by molar-refractivity contribution is 5.99. The fraction of sp³-hybridized carbons (Fsp3) is 0.433. The molecule has 0 radical (unpaired) electrons. The highest BCUT2D eigenvalue weighted by atomic mass is 16.5. The van der Waals surface area contributed by atoms with Gasteiger partial charge in [-0.2, -0.15) is 5.10 Å². The summed E-state index contributed by atoms with van der Waals surface area (Å²) >= 11 is 0. The third kappa shape index (κ3) is 4.09. The Hall–Kier alpha value is -4.25. The highest BCUT2D eigenvalue weighted by Gasteiger charge is 2.33. The van der Waals surface area contributed by atoms with Crippen molar-refractivity contribution in [2.24, 2.45) is 14.1 Å². The molecule has 0 saturated carbocycles. The van der Waals surface area contributed by atoms with Crippen LogP contribution in [-0.2, 0) is 14.1 Å². The lowest BCUT2D eigenvalue weighted by Crippen LogP contribution is -2.50. The minimum atomic E-state index is 0.620. The van der Waals surface area contributed by atoms with Crippen molar-refractivity contribution < 1.29 is 4.74 Å². The number of aromatic nitrogens is 7. The van der Waals surface area contributed by atoms with E-state index in [9.17, 15) is 0 Å². The van der Waals surface area contributed by atoms with Crippen molar-refractivity contribution in [3.63, 3.8) is 0 Å². The predicted octanol–water partition coefficient (Wildman–Crippen LogP) is 3.65. The number of methoxy groups -OCH3 is 1. The Kier molecular flexibility index (Phi) is 6.07. The number of ether oxygens (including phenoxy) is 1. The molecule has 0 bridgehead atoms. The van der Waals surface area contributed by atoms with E-state index in [1.165, 1.54) is 19.4 Å². The first-order valence-corrected chi connectivity index (χ1v) is 14.2. The minimum absolute atomic E-state index is 0.620. The summed E-state index contributed by atoms with van der Waals surface area (Å²) in [6.07, 6.45) is 6.07. The van der Waals surface area contributed by atoms with E-state index in [4.69, 9.17) is 24.8 Å². The lowest BCUT2D eigenvalue weighted by Gasteiger charge is -2.37. The molecule has 0 aliphatic carbocycles. The second-order valence-corrected chi connectivity index (χ2v) is 11.4. The van der Waals surface area contributed by atoms with Gasteiger partial charge in [-0.15, -0.1) is 0 Å². The number of hydrogen-bond acceptors (Lipinski definition) is 9. The second-order valence-electron chi connectivity index (χ2n) is 11.4. The average molecular weight is 553 g/mol. The molecule has 1 atom stereocenters. The first-order chi connectivity index (χ1) is 19.8. The van der Waals surface area contributed by atoms with E-state index in [0.29, 0.717) is 6.04 Å². The van der Waals surface area contributed by atoms with Crippen LogP contribution in [0.25, 0.3) is 44.6 Å². The van der Waals surface area contributed by atoms with Crippen LogP contribution in [-0.4, -0.2) is 92.6 Å². The number of rotatable bonds is 5. The van der Waals surface area contributed by atoms with E-state index in [1.807, 2.05) is 43.7 Å². The van der Waals surface area contributed by atoms with Gasteiger partial charge in [0.25, 0.3) is 0 Å². The Morgan fingerprint density at radius 3 is 2.68 bits per heavy atom. The fourth-order valence-electron chi connectivity index (χ4n) is 6.63. The molecule has 41 heavy (non-hydrogen) atoms. The number of piperazine rings is 1. The topological polar surface area (TPSA) is 93.3 Å². The standard InChI is InChI=1S/C30H36N10O/c1-18-28-20(14-22(32-18)21-16-31-10-9-25(21)41-6)26(35-38(28)5)23-15-24-27(29(33-23)36(2)3)34-30(37(24)4)40-13-12-39-11-7-8-19(39)17-40/h9-10,14-16,19H,7-8,11-13,17H2,1-6H3/t19-/m1/s1. The van der Waals surface area contributed by atoms with E-state index < -0.39 is 0 Å². The number of imidazole rings is 1. The molecule has 0 aromatic carbocycles. The first kappa shape index (κ1) is 25.7. The van der Waals surface area contributed by atoms with Crippen molar-refractivity contribution in [1.29, 1.82) is 0 Å². The zero-order valence-electron chi connectivity index (χ0n) is 24.6. The third-order valence-electron chi connectivity index (χ3n) is 8.64. The zero-order chi connectivity index (χ0) is 28.4. The molecule has 11 nitrogen and oxygen atoms in total. The Bertz CT molecular complexity index is 1790. The van der Waals surface area contributed by atoms with Crippen LogP contribution >= 0.6 is 0 Å². The molecule has 2 saturated heterocycles. The van der Waals surface area contributed by atoms with Gasteiger partial charge in [-0.05, 0) is 44.5 Å². The van der Waals surface area contributed by atoms with Gasteiger partial charge in [0.1, 0.15) is 17.0 Å². The summed E-state index contributed by atoms with van der Waals surface area (Å²) in [5.41, 5.74) is 7.04. The Morgan fingerprint density at radius 2 is 1.88 bits per heavy atom. The molecule has 212 valence electrons. The summed E-state index contributed by atoms with van der Waals surface area (Å²) < 4.78 is 9.74. The molecule has 5 aromatic rings. The van der Waals surface area contributed by atoms with Crippen molar-refractivity contribution in [3.05, 3.63) is 36.3 Å². The van der Waals surface area contributed by atoms with Crippen molar-refractivity contribution in [3.8, 4) is 28.4 Å². The summed E-state index contributed by atoms with van der Waals surface area (Å²) in [5.74, 6) is 2.56. The molecule has 5 aromatic heterocycles. The summed E-state index contributed by atoms with van der Waals surface area (Å²) in [4.78, 5) is 26.7. The van der Waals surface area contributed by atoms with Gasteiger partial charge < -0.3 is 19.1 Å². The molecule has 0 N–H and O–H groups in total. The Labute approximate surface area is 239 Å². The van der Waals surface area contributed by atoms with Gasteiger partial charge in [0.15, 0.2) is 5.82 Å². The molecule has 0 spiro atoms. The highest BCUT2D eigenvalue weighted by Crippen LogP contribution is 2.37. The van der Waals surface area contributed by atoms with Crippen LogP contribution in [0.15, 0.2) is 30.6 Å². The maximum absolute atomic E-state index is 5.62. The lowest BCUT2D eigenvalue weighted by molar-refractivity contribution is 0.229. The zero-order valence-corrected chi connectivity index (χ0v) is 24.6. The van der Waals surface area contributed by atoms with Crippen molar-refractivity contribution in [2.75, 3.05) is 57.2 Å². The molecular formula is C30H36N10O. The molecule has 0 unspecified atom stereocenters. The van der Waals surface area contributed by atoms with E-state index in [-0.39, 0.29) is 0 Å².